The maximum atomic E-state index is 4.56. The third-order valence-electron chi connectivity index (χ3n) is 2.61. The molecule has 0 saturated heterocycles. The van der Waals surface area contributed by atoms with E-state index in [1.54, 1.807) is 0 Å². The Kier molecular flexibility index (Phi) is 5.13. The van der Waals surface area contributed by atoms with Crippen LogP contribution < -0.4 is 4.90 Å². The summed E-state index contributed by atoms with van der Waals surface area (Å²) in [5.74, 6) is 0.933. The van der Waals surface area contributed by atoms with Gasteiger partial charge in [-0.25, -0.2) is 4.98 Å². The summed E-state index contributed by atoms with van der Waals surface area (Å²) >= 11 is 4.98. The Balaban J connectivity index is 2.12. The standard InChI is InChI=1S/C13H16BrN3S/c1-2-12-15-13(18-16-12)17(9-8-14)10-11-6-4-3-5-7-11/h3-7H,2,8-10H2,1H3. The first-order valence-electron chi connectivity index (χ1n) is 6.01. The van der Waals surface area contributed by atoms with Crippen molar-refractivity contribution in [3.63, 3.8) is 0 Å². The van der Waals surface area contributed by atoms with Gasteiger partial charge in [0, 0.05) is 36.4 Å². The number of aryl methyl sites for hydroxylation is 1. The number of anilines is 1. The molecule has 0 amide bonds. The van der Waals surface area contributed by atoms with Gasteiger partial charge in [0.05, 0.1) is 0 Å². The van der Waals surface area contributed by atoms with Crippen LogP contribution in [0, 0.1) is 0 Å². The van der Waals surface area contributed by atoms with E-state index in [9.17, 15) is 0 Å². The number of aromatic nitrogens is 2. The SMILES string of the molecule is CCc1nsc(N(CCBr)Cc2ccccc2)n1. The first-order chi connectivity index (χ1) is 8.83. The minimum Gasteiger partial charge on any atom is -0.342 e. The molecular formula is C13H16BrN3S. The van der Waals surface area contributed by atoms with Crippen molar-refractivity contribution in [1.82, 2.24) is 9.36 Å². The van der Waals surface area contributed by atoms with Crippen LogP contribution in [0.4, 0.5) is 5.13 Å². The summed E-state index contributed by atoms with van der Waals surface area (Å²) in [6.07, 6.45) is 0.893. The van der Waals surface area contributed by atoms with Crippen LogP contribution in [-0.4, -0.2) is 21.2 Å². The summed E-state index contributed by atoms with van der Waals surface area (Å²) in [4.78, 5) is 6.82. The van der Waals surface area contributed by atoms with Crippen LogP contribution in [0.5, 0.6) is 0 Å². The van der Waals surface area contributed by atoms with Crippen molar-refractivity contribution < 1.29 is 0 Å². The average molecular weight is 326 g/mol. The molecule has 0 aliphatic heterocycles. The molecule has 0 aliphatic rings. The molecule has 0 fully saturated rings. The van der Waals surface area contributed by atoms with Gasteiger partial charge in [-0.05, 0) is 5.56 Å². The lowest BCUT2D eigenvalue weighted by Gasteiger charge is -2.20. The van der Waals surface area contributed by atoms with Crippen LogP contribution in [0.2, 0.25) is 0 Å². The predicted molar refractivity (Wildman–Crippen MR) is 80.6 cm³/mol. The molecule has 1 aromatic heterocycles. The monoisotopic (exact) mass is 325 g/mol. The first kappa shape index (κ1) is 13.5. The van der Waals surface area contributed by atoms with E-state index in [1.807, 2.05) is 6.07 Å². The number of rotatable bonds is 6. The zero-order chi connectivity index (χ0) is 12.8. The summed E-state index contributed by atoms with van der Waals surface area (Å²) in [6, 6.07) is 10.5. The molecule has 0 saturated carbocycles. The minimum atomic E-state index is 0.880. The predicted octanol–water partition coefficient (Wildman–Crippen LogP) is 3.50. The van der Waals surface area contributed by atoms with E-state index in [0.29, 0.717) is 0 Å². The topological polar surface area (TPSA) is 29.0 Å². The Morgan fingerprint density at radius 2 is 2.06 bits per heavy atom. The van der Waals surface area contributed by atoms with Crippen LogP contribution in [-0.2, 0) is 13.0 Å². The fourth-order valence-electron chi connectivity index (χ4n) is 1.66. The van der Waals surface area contributed by atoms with Gasteiger partial charge in [-0.15, -0.1) is 0 Å². The Morgan fingerprint density at radius 1 is 1.28 bits per heavy atom. The van der Waals surface area contributed by atoms with Gasteiger partial charge in [0.15, 0.2) is 0 Å². The van der Waals surface area contributed by atoms with E-state index in [4.69, 9.17) is 0 Å². The van der Waals surface area contributed by atoms with Crippen molar-refractivity contribution in [2.45, 2.75) is 19.9 Å². The van der Waals surface area contributed by atoms with Crippen LogP contribution in [0.25, 0.3) is 0 Å². The fraction of sp³-hybridized carbons (Fsp3) is 0.385. The van der Waals surface area contributed by atoms with Crippen molar-refractivity contribution in [3.8, 4) is 0 Å². The normalized spacial score (nSPS) is 10.6. The number of nitrogens with zero attached hydrogens (tertiary/aromatic N) is 3. The van der Waals surface area contributed by atoms with Gasteiger partial charge in [-0.1, -0.05) is 53.2 Å². The van der Waals surface area contributed by atoms with Crippen molar-refractivity contribution in [3.05, 3.63) is 41.7 Å². The van der Waals surface area contributed by atoms with Gasteiger partial charge >= 0.3 is 0 Å². The summed E-state index contributed by atoms with van der Waals surface area (Å²) < 4.78 is 4.35. The number of alkyl halides is 1. The van der Waals surface area contributed by atoms with Gasteiger partial charge in [0.2, 0.25) is 5.13 Å². The van der Waals surface area contributed by atoms with E-state index in [2.05, 4.69) is 61.4 Å². The molecule has 0 aliphatic carbocycles. The van der Waals surface area contributed by atoms with Crippen LogP contribution in [0.1, 0.15) is 18.3 Å². The zero-order valence-corrected chi connectivity index (χ0v) is 12.7. The quantitative estimate of drug-likeness (QED) is 0.761. The smallest absolute Gasteiger partial charge is 0.205 e. The van der Waals surface area contributed by atoms with Crippen molar-refractivity contribution in [1.29, 1.82) is 0 Å². The third-order valence-corrected chi connectivity index (χ3v) is 3.78. The van der Waals surface area contributed by atoms with E-state index in [-0.39, 0.29) is 0 Å². The average Bonchev–Trinajstić information content (AvgIpc) is 2.88. The van der Waals surface area contributed by atoms with E-state index in [1.165, 1.54) is 17.1 Å². The molecule has 5 heteroatoms. The second kappa shape index (κ2) is 6.85. The van der Waals surface area contributed by atoms with Gasteiger partial charge in [0.25, 0.3) is 0 Å². The number of hydrogen-bond acceptors (Lipinski definition) is 4. The number of hydrogen-bond donors (Lipinski definition) is 0. The summed E-state index contributed by atoms with van der Waals surface area (Å²) in [7, 11) is 0. The van der Waals surface area contributed by atoms with Crippen LogP contribution in [0.15, 0.2) is 30.3 Å². The molecule has 0 unspecified atom stereocenters. The molecule has 0 radical (unpaired) electrons. The molecule has 1 heterocycles. The lowest BCUT2D eigenvalue weighted by Crippen LogP contribution is -2.24. The zero-order valence-electron chi connectivity index (χ0n) is 10.3. The highest BCUT2D eigenvalue weighted by Crippen LogP contribution is 2.20. The number of benzene rings is 1. The van der Waals surface area contributed by atoms with Crippen molar-refractivity contribution in [2.24, 2.45) is 0 Å². The molecule has 0 bridgehead atoms. The summed E-state index contributed by atoms with van der Waals surface area (Å²) in [5.41, 5.74) is 1.30. The highest BCUT2D eigenvalue weighted by Gasteiger charge is 2.11. The van der Waals surface area contributed by atoms with Gasteiger partial charge in [-0.3, -0.25) is 0 Å². The number of halogens is 1. The Bertz CT molecular complexity index is 472. The molecule has 0 atom stereocenters. The van der Waals surface area contributed by atoms with E-state index >= 15 is 0 Å². The molecule has 0 N–H and O–H groups in total. The lowest BCUT2D eigenvalue weighted by atomic mass is 10.2. The Labute approximate surface area is 120 Å². The molecule has 2 rings (SSSR count). The van der Waals surface area contributed by atoms with Gasteiger partial charge in [-0.2, -0.15) is 4.37 Å². The molecule has 18 heavy (non-hydrogen) atoms. The lowest BCUT2D eigenvalue weighted by molar-refractivity contribution is 0.827. The molecule has 96 valence electrons. The third kappa shape index (κ3) is 3.53. The van der Waals surface area contributed by atoms with Crippen LogP contribution >= 0.6 is 27.5 Å². The Hall–Kier alpha value is -0.940. The Morgan fingerprint density at radius 3 is 2.67 bits per heavy atom. The molecule has 3 nitrogen and oxygen atoms in total. The van der Waals surface area contributed by atoms with Crippen molar-refractivity contribution >= 4 is 32.6 Å². The van der Waals surface area contributed by atoms with Crippen molar-refractivity contribution in [2.75, 3.05) is 16.8 Å². The largest absolute Gasteiger partial charge is 0.342 e. The minimum absolute atomic E-state index is 0.880. The molecule has 0 spiro atoms. The highest BCUT2D eigenvalue weighted by molar-refractivity contribution is 9.09. The van der Waals surface area contributed by atoms with E-state index in [0.717, 1.165) is 35.8 Å². The molecule has 2 aromatic rings. The fourth-order valence-corrected chi connectivity index (χ4v) is 2.87. The maximum absolute atomic E-state index is 4.56. The second-order valence-electron chi connectivity index (χ2n) is 3.94. The summed E-state index contributed by atoms with van der Waals surface area (Å²) in [6.45, 7) is 3.90. The van der Waals surface area contributed by atoms with Crippen LogP contribution in [0.3, 0.4) is 0 Å². The second-order valence-corrected chi connectivity index (χ2v) is 5.47. The van der Waals surface area contributed by atoms with Gasteiger partial charge in [0.1, 0.15) is 5.82 Å². The van der Waals surface area contributed by atoms with Gasteiger partial charge < -0.3 is 4.90 Å². The van der Waals surface area contributed by atoms with E-state index < -0.39 is 0 Å². The molecule has 1 aromatic carbocycles. The highest BCUT2D eigenvalue weighted by atomic mass is 79.9. The molecular weight excluding hydrogens is 310 g/mol. The summed E-state index contributed by atoms with van der Waals surface area (Å²) in [5, 5.41) is 1.94. The maximum Gasteiger partial charge on any atom is 0.205 e. The first-order valence-corrected chi connectivity index (χ1v) is 7.90.